The average Bonchev–Trinajstić information content (AvgIpc) is 2.69. The van der Waals surface area contributed by atoms with Crippen LogP contribution in [0.2, 0.25) is 0 Å². The molecule has 27 heavy (non-hydrogen) atoms. The van der Waals surface area contributed by atoms with Gasteiger partial charge in [0, 0.05) is 61.9 Å². The Morgan fingerprint density at radius 3 is 2.78 bits per heavy atom. The number of anilines is 2. The average molecular weight is 369 g/mol. The molecule has 8 heteroatoms. The van der Waals surface area contributed by atoms with Gasteiger partial charge in [-0.1, -0.05) is 6.07 Å². The van der Waals surface area contributed by atoms with Crippen LogP contribution in [0.5, 0.6) is 0 Å². The van der Waals surface area contributed by atoms with E-state index in [-0.39, 0.29) is 11.9 Å². The topological polar surface area (TPSA) is 77.6 Å². The summed E-state index contributed by atoms with van der Waals surface area (Å²) >= 11 is 0. The monoisotopic (exact) mass is 369 g/mol. The predicted octanol–water partition coefficient (Wildman–Crippen LogP) is 1.86. The molecule has 0 atom stereocenters. The maximum Gasteiger partial charge on any atom is 0.321 e. The molecular weight excluding hydrogens is 349 g/mol. The summed E-state index contributed by atoms with van der Waals surface area (Å²) in [6.45, 7) is 2.87. The van der Waals surface area contributed by atoms with Gasteiger partial charge in [0.1, 0.15) is 0 Å². The second-order valence-electron chi connectivity index (χ2n) is 6.58. The van der Waals surface area contributed by atoms with Crippen molar-refractivity contribution in [2.24, 2.45) is 0 Å². The van der Waals surface area contributed by atoms with Crippen LogP contribution in [0.25, 0.3) is 0 Å². The van der Waals surface area contributed by atoms with Crippen LogP contribution < -0.4 is 15.5 Å². The second kappa shape index (κ2) is 7.22. The molecule has 0 unspecified atom stereocenters. The van der Waals surface area contributed by atoms with E-state index < -0.39 is 5.95 Å². The number of hydrogen-bond acceptors (Lipinski definition) is 4. The fourth-order valence-electron chi connectivity index (χ4n) is 3.53. The zero-order valence-corrected chi connectivity index (χ0v) is 14.7. The van der Waals surface area contributed by atoms with Crippen molar-refractivity contribution in [3.8, 4) is 0 Å². The Bertz CT molecular complexity index is 880. The number of rotatable bonds is 2. The number of nitrogens with zero attached hydrogens (tertiary/aromatic N) is 3. The summed E-state index contributed by atoms with van der Waals surface area (Å²) in [4.78, 5) is 31.9. The Balaban J connectivity index is 1.41. The van der Waals surface area contributed by atoms with Gasteiger partial charge < -0.3 is 20.4 Å². The first-order valence-electron chi connectivity index (χ1n) is 8.94. The molecule has 3 amide bonds. The minimum Gasteiger partial charge on any atom is -0.368 e. The smallest absolute Gasteiger partial charge is 0.321 e. The lowest BCUT2D eigenvalue weighted by molar-refractivity contribution is 0.0946. The van der Waals surface area contributed by atoms with E-state index in [1.807, 2.05) is 11.0 Å². The molecule has 2 N–H and O–H groups in total. The van der Waals surface area contributed by atoms with Gasteiger partial charge in [0.05, 0.1) is 0 Å². The molecule has 3 heterocycles. The molecule has 0 saturated carbocycles. The fourth-order valence-corrected chi connectivity index (χ4v) is 3.53. The fraction of sp³-hybridized carbons (Fsp3) is 0.316. The van der Waals surface area contributed by atoms with E-state index in [0.29, 0.717) is 50.4 Å². The van der Waals surface area contributed by atoms with Crippen molar-refractivity contribution in [3.05, 3.63) is 53.6 Å². The highest BCUT2D eigenvalue weighted by molar-refractivity contribution is 6.00. The van der Waals surface area contributed by atoms with E-state index in [1.165, 1.54) is 12.3 Å². The van der Waals surface area contributed by atoms with Crippen molar-refractivity contribution < 1.29 is 14.0 Å². The van der Waals surface area contributed by atoms with Crippen molar-refractivity contribution in [3.63, 3.8) is 0 Å². The van der Waals surface area contributed by atoms with Crippen molar-refractivity contribution >= 4 is 23.3 Å². The molecule has 7 nitrogen and oxygen atoms in total. The van der Waals surface area contributed by atoms with Gasteiger partial charge in [-0.25, -0.2) is 9.78 Å². The molecule has 1 saturated heterocycles. The van der Waals surface area contributed by atoms with Crippen LogP contribution >= 0.6 is 0 Å². The van der Waals surface area contributed by atoms with Crippen molar-refractivity contribution in [1.82, 2.24) is 15.2 Å². The van der Waals surface area contributed by atoms with Gasteiger partial charge in [-0.3, -0.25) is 4.79 Å². The SMILES string of the molecule is O=C1NCCc2c(NC(=O)N3CCN(c4ccnc(F)c4)CC3)cccc21. The number of piperazine rings is 1. The van der Waals surface area contributed by atoms with Crippen LogP contribution in [0.15, 0.2) is 36.5 Å². The molecule has 140 valence electrons. The molecule has 2 aliphatic heterocycles. The molecule has 4 rings (SSSR count). The third-order valence-corrected chi connectivity index (χ3v) is 4.96. The number of pyridine rings is 1. The molecule has 1 aromatic heterocycles. The quantitative estimate of drug-likeness (QED) is 0.792. The van der Waals surface area contributed by atoms with Gasteiger partial charge in [-0.2, -0.15) is 4.39 Å². The molecule has 0 radical (unpaired) electrons. The van der Waals surface area contributed by atoms with Crippen LogP contribution in [-0.4, -0.2) is 54.5 Å². The standard InChI is InChI=1S/C19H20FN5O2/c20-17-12-13(4-6-21-17)24-8-10-25(11-9-24)19(27)23-16-3-1-2-15-14(16)5-7-22-18(15)26/h1-4,6,12H,5,7-11H2,(H,22,26)(H,23,27). The number of halogens is 1. The number of urea groups is 1. The van der Waals surface area contributed by atoms with Gasteiger partial charge in [0.25, 0.3) is 5.91 Å². The minimum atomic E-state index is -0.509. The number of amides is 3. The van der Waals surface area contributed by atoms with E-state index in [2.05, 4.69) is 15.6 Å². The zero-order chi connectivity index (χ0) is 18.8. The van der Waals surface area contributed by atoms with Gasteiger partial charge in [0.2, 0.25) is 5.95 Å². The van der Waals surface area contributed by atoms with Crippen LogP contribution in [0.3, 0.4) is 0 Å². The van der Waals surface area contributed by atoms with E-state index in [9.17, 15) is 14.0 Å². The molecule has 2 aliphatic rings. The summed E-state index contributed by atoms with van der Waals surface area (Å²) in [5.74, 6) is -0.615. The molecule has 0 spiro atoms. The Morgan fingerprint density at radius 1 is 1.19 bits per heavy atom. The van der Waals surface area contributed by atoms with Crippen molar-refractivity contribution in [2.75, 3.05) is 42.9 Å². The van der Waals surface area contributed by atoms with E-state index >= 15 is 0 Å². The molecule has 2 aromatic rings. The third kappa shape index (κ3) is 3.55. The van der Waals surface area contributed by atoms with Crippen LogP contribution in [0.4, 0.5) is 20.6 Å². The van der Waals surface area contributed by atoms with Crippen LogP contribution in [0.1, 0.15) is 15.9 Å². The first kappa shape index (κ1) is 17.3. The Kier molecular flexibility index (Phi) is 4.62. The first-order valence-corrected chi connectivity index (χ1v) is 8.94. The summed E-state index contributed by atoms with van der Waals surface area (Å²) in [6.07, 6.45) is 2.14. The number of benzene rings is 1. The second-order valence-corrected chi connectivity index (χ2v) is 6.58. The number of hydrogen-bond donors (Lipinski definition) is 2. The summed E-state index contributed by atoms with van der Waals surface area (Å²) < 4.78 is 13.3. The minimum absolute atomic E-state index is 0.106. The van der Waals surface area contributed by atoms with Crippen molar-refractivity contribution in [1.29, 1.82) is 0 Å². The highest BCUT2D eigenvalue weighted by Gasteiger charge is 2.24. The lowest BCUT2D eigenvalue weighted by Gasteiger charge is -2.36. The Labute approximate surface area is 156 Å². The molecule has 0 bridgehead atoms. The molecule has 0 aliphatic carbocycles. The van der Waals surface area contributed by atoms with Gasteiger partial charge in [-0.05, 0) is 30.2 Å². The highest BCUT2D eigenvalue weighted by Crippen LogP contribution is 2.24. The summed E-state index contributed by atoms with van der Waals surface area (Å²) in [7, 11) is 0. The Hall–Kier alpha value is -3.16. The normalized spacial score (nSPS) is 16.6. The largest absolute Gasteiger partial charge is 0.368 e. The number of nitrogens with one attached hydrogen (secondary N) is 2. The summed E-state index contributed by atoms with van der Waals surface area (Å²) in [6, 6.07) is 8.35. The van der Waals surface area contributed by atoms with E-state index in [1.54, 1.807) is 23.1 Å². The first-order chi connectivity index (χ1) is 13.1. The lowest BCUT2D eigenvalue weighted by Crippen LogP contribution is -2.50. The summed E-state index contributed by atoms with van der Waals surface area (Å²) in [5, 5.41) is 5.75. The van der Waals surface area contributed by atoms with Gasteiger partial charge in [0.15, 0.2) is 0 Å². The van der Waals surface area contributed by atoms with E-state index in [4.69, 9.17) is 0 Å². The predicted molar refractivity (Wildman–Crippen MR) is 99.5 cm³/mol. The third-order valence-electron chi connectivity index (χ3n) is 4.96. The maximum absolute atomic E-state index is 13.3. The van der Waals surface area contributed by atoms with Gasteiger partial charge >= 0.3 is 6.03 Å². The Morgan fingerprint density at radius 2 is 2.00 bits per heavy atom. The highest BCUT2D eigenvalue weighted by atomic mass is 19.1. The van der Waals surface area contributed by atoms with Gasteiger partial charge in [-0.15, -0.1) is 0 Å². The van der Waals surface area contributed by atoms with Crippen LogP contribution in [-0.2, 0) is 6.42 Å². The number of fused-ring (bicyclic) bond motifs is 1. The summed E-state index contributed by atoms with van der Waals surface area (Å²) in [5.41, 5.74) is 2.95. The molecular formula is C19H20FN5O2. The zero-order valence-electron chi connectivity index (χ0n) is 14.7. The molecule has 1 aromatic carbocycles. The number of carbonyl (C=O) groups is 2. The van der Waals surface area contributed by atoms with E-state index in [0.717, 1.165) is 11.3 Å². The maximum atomic E-state index is 13.3. The molecule has 1 fully saturated rings. The lowest BCUT2D eigenvalue weighted by atomic mass is 9.98. The van der Waals surface area contributed by atoms with Crippen LogP contribution in [0, 0.1) is 5.95 Å². The number of carbonyl (C=O) groups excluding carboxylic acids is 2. The van der Waals surface area contributed by atoms with Crippen molar-refractivity contribution in [2.45, 2.75) is 6.42 Å². The number of aromatic nitrogens is 1.